The maximum absolute atomic E-state index is 17.0. The Morgan fingerprint density at radius 3 is 1.70 bits per heavy atom. The number of unbranched alkanes of at least 4 members (excludes halogenated alkanes) is 3. The Kier molecular flexibility index (Phi) is 30.0. The van der Waals surface area contributed by atoms with Crippen LogP contribution in [0.2, 0.25) is 10.0 Å². The maximum atomic E-state index is 17.0. The molecule has 0 saturated carbocycles. The lowest BCUT2D eigenvalue weighted by molar-refractivity contribution is -0.284. The molecule has 7 aromatic rings. The molecule has 7 aromatic carbocycles. The summed E-state index contributed by atoms with van der Waals surface area (Å²) in [6, 6.07) is 0.677. The molecule has 0 aromatic heterocycles. The van der Waals surface area contributed by atoms with Crippen molar-refractivity contribution >= 4 is 76.4 Å². The second kappa shape index (κ2) is 41.2. The second-order valence-electron chi connectivity index (χ2n) is 33.3. The van der Waals surface area contributed by atoms with E-state index in [4.69, 9.17) is 71.6 Å². The molecule has 133 heavy (non-hydrogen) atoms. The smallest absolute Gasteiger partial charge is 0.330 e. The Labute approximate surface area is 766 Å². The topological polar surface area (TPSA) is 662 Å². The summed E-state index contributed by atoms with van der Waals surface area (Å²) in [6.07, 6.45) is -24.9. The zero-order chi connectivity index (χ0) is 95.6. The second-order valence-corrected chi connectivity index (χ2v) is 34.1. The highest BCUT2D eigenvalue weighted by molar-refractivity contribution is 6.32. The number of fused-ring (bicyclic) bond motifs is 14. The van der Waals surface area contributed by atoms with E-state index in [1.807, 2.05) is 0 Å². The number of nitrogens with one attached hydrogen (secondary N) is 8. The molecule has 8 amide bonds. The highest BCUT2D eigenvalue weighted by atomic mass is 35.5. The number of carboxylic acids is 1. The molecule has 0 aliphatic carbocycles. The predicted octanol–water partition coefficient (Wildman–Crippen LogP) is 1.41. The Morgan fingerprint density at radius 2 is 1.07 bits per heavy atom. The number of benzene rings is 7. The molecule has 16 rings (SSSR count). The number of aliphatic carboxylic acids is 1. The fourth-order valence-corrected chi connectivity index (χ4v) is 17.1. The van der Waals surface area contributed by atoms with Crippen molar-refractivity contribution in [3.63, 3.8) is 0 Å². The van der Waals surface area contributed by atoms with Gasteiger partial charge in [0.2, 0.25) is 65.6 Å². The summed E-state index contributed by atoms with van der Waals surface area (Å²) < 4.78 is 57.5. The van der Waals surface area contributed by atoms with E-state index in [2.05, 4.69) is 56.4 Å². The number of aliphatic hydroxyl groups excluding tert-OH is 10. The van der Waals surface area contributed by atoms with Crippen LogP contribution < -0.4 is 72.0 Å². The molecule has 0 spiro atoms. The van der Waals surface area contributed by atoms with Gasteiger partial charge in [0.05, 0.1) is 29.9 Å². The summed E-state index contributed by atoms with van der Waals surface area (Å²) in [6.45, 7) is 2.03. The largest absolute Gasteiger partial charge is 0.508 e. The molecule has 1 unspecified atom stereocenters. The van der Waals surface area contributed by atoms with Crippen LogP contribution >= 0.6 is 23.2 Å². The average Bonchev–Trinajstić information content (AvgIpc) is 0.763. The van der Waals surface area contributed by atoms with Crippen LogP contribution in [0.5, 0.6) is 69.0 Å². The molecule has 0 radical (unpaired) electrons. The van der Waals surface area contributed by atoms with Gasteiger partial charge < -0.3 is 167 Å². The molecule has 42 nitrogen and oxygen atoms in total. The first-order chi connectivity index (χ1) is 63.4. The van der Waals surface area contributed by atoms with Gasteiger partial charge in [-0.3, -0.25) is 38.4 Å². The molecular weight excluding hydrogens is 1790 g/mol. The van der Waals surface area contributed by atoms with Gasteiger partial charge in [-0.1, -0.05) is 93.4 Å². The summed E-state index contributed by atoms with van der Waals surface area (Å²) in [5, 5.41) is 190. The van der Waals surface area contributed by atoms with Crippen molar-refractivity contribution in [1.29, 1.82) is 0 Å². The summed E-state index contributed by atoms with van der Waals surface area (Å²) in [7, 11) is 0. The van der Waals surface area contributed by atoms with Gasteiger partial charge in [-0.05, 0) is 125 Å². The van der Waals surface area contributed by atoms with Crippen LogP contribution in [0.25, 0.3) is 11.1 Å². The van der Waals surface area contributed by atoms with Gasteiger partial charge in [0, 0.05) is 48.6 Å². The summed E-state index contributed by atoms with van der Waals surface area (Å²) in [5.74, 6) is -19.1. The number of carbonyl (C=O) groups excluding carboxylic acids is 8. The molecule has 25 N–H and O–H groups in total. The van der Waals surface area contributed by atoms with Crippen molar-refractivity contribution < 1.29 is 162 Å². The predicted molar refractivity (Wildman–Crippen MR) is 458 cm³/mol. The molecule has 712 valence electrons. The van der Waals surface area contributed by atoms with Crippen molar-refractivity contribution in [2.24, 2.45) is 11.7 Å². The zero-order valence-corrected chi connectivity index (χ0v) is 72.5. The van der Waals surface area contributed by atoms with Crippen molar-refractivity contribution in [2.45, 2.75) is 213 Å². The summed E-state index contributed by atoms with van der Waals surface area (Å²) >= 11 is 14.7. The molecule has 17 bridgehead atoms. The van der Waals surface area contributed by atoms with Gasteiger partial charge in [0.15, 0.2) is 35.3 Å². The Hall–Kier alpha value is -12.1. The van der Waals surface area contributed by atoms with Crippen LogP contribution in [0.1, 0.15) is 141 Å². The lowest BCUT2D eigenvalue weighted by Crippen LogP contribution is -2.65. The highest BCUT2D eigenvalue weighted by Gasteiger charge is 2.52. The SMILES string of the molecule is CCC(C)CCCCCCC(=O)N[C@@H]1[C@H](Oc2c3cc4cc2Oc2ccc(cc2Cl)[C@@H](O[C@@H]2O[C@H](CO)[C@@H](O)[C@H](O)[C@H]2NC(C)=O)[C@@H]2NC(=O)[C@H](NC(=O)[C@@H]4NC(=O)[C@H]4NC(=O)[C@@H](Cc5ccc(c(Cl)c5)O3)NC(=O)[C@H](N)c3ccc(O)c(c3)Oc3cc(O)cc4c3)c3ccc(O)c(c3)-c3c(O[C@H]4O[C@H](CO)[C@@H](O)[C@H](O)[C@@H]4O)cc(O)cc3[C@@H](C(=O)O)NC2=O)O[C@@H](CO)[C@H](O)[C@H]1O. The lowest BCUT2D eigenvalue weighted by Gasteiger charge is -2.44. The third-order valence-corrected chi connectivity index (χ3v) is 24.6. The number of carboxylic acid groups (broad SMARTS) is 1. The van der Waals surface area contributed by atoms with Crippen molar-refractivity contribution in [3.05, 3.63) is 164 Å². The van der Waals surface area contributed by atoms with Gasteiger partial charge in [-0.15, -0.1) is 0 Å². The van der Waals surface area contributed by atoms with Crippen LogP contribution in [0.3, 0.4) is 0 Å². The van der Waals surface area contributed by atoms with Crippen LogP contribution in [-0.4, -0.2) is 254 Å². The number of rotatable bonds is 20. The standard InChI is InChI=1S/C89H99Cl2N9O33/c1-4-34(2)9-7-5-6-8-10-61(109)95-69-75(114)72(111)59(32-102)130-88(69)133-79-56-26-41-27-57(79)127-53-18-14-39(24-48(53)91)78(132-87-68(93-35(3)104)74(113)71(110)58(31-101)129-87)70-85(122)99-67(86(123)124)46-29-43(106)30-55(128-89-77(116)76(115)73(112)60(33-103)131-89)62(46)45-23-38(13-15-50(45)107)64(82(119)100-70)97-84(121)66(41)98-83(120)65-40-21-42(105)28-44(22-40)125-54-25-37(12-16-51(54)108)63(92)81(118)94-49(80(117)96-65)20-36-11-17-52(126-56)47(90)19-36/h11-19,21-30,34,49,58-60,63-78,87-89,101-103,105-108,110-116H,4-10,20,31-33,92H2,1-3H3,(H,93,104)(H,94,118)(H,95,109)(H,96,117)(H,97,121)(H,98,120)(H,99,122)(H,100,119)(H,123,124)/t34?,49-,58-,59+,60-,63-,64-,65+,66-,67+,68-,69+,70+,71-,72+,73-,74-,75+,76+,77+,78-,87+,88+,89+/m1/s1. The van der Waals surface area contributed by atoms with Crippen LogP contribution in [0.15, 0.2) is 115 Å². The first-order valence-corrected chi connectivity index (χ1v) is 43.2. The van der Waals surface area contributed by atoms with E-state index in [1.165, 1.54) is 30.3 Å². The van der Waals surface area contributed by atoms with Gasteiger partial charge in [0.25, 0.3) is 0 Å². The number of amides is 8. The number of carbonyl (C=O) groups is 9. The van der Waals surface area contributed by atoms with Crippen molar-refractivity contribution in [1.82, 2.24) is 42.5 Å². The Morgan fingerprint density at radius 1 is 0.511 bits per heavy atom. The molecule has 3 saturated heterocycles. The van der Waals surface area contributed by atoms with E-state index in [-0.39, 0.29) is 39.8 Å². The monoisotopic (exact) mass is 1890 g/mol. The normalized spacial score (nSPS) is 29.0. The minimum atomic E-state index is -2.59. The van der Waals surface area contributed by atoms with Crippen molar-refractivity contribution in [2.75, 3.05) is 19.8 Å². The number of nitrogens with two attached hydrogens (primary N) is 1. The van der Waals surface area contributed by atoms with Gasteiger partial charge in [0.1, 0.15) is 156 Å². The van der Waals surface area contributed by atoms with Crippen LogP contribution in [0.4, 0.5) is 0 Å². The van der Waals surface area contributed by atoms with E-state index in [0.717, 1.165) is 118 Å². The minimum Gasteiger partial charge on any atom is -0.508 e. The van der Waals surface area contributed by atoms with Crippen LogP contribution in [-0.2, 0) is 68.5 Å². The fraction of sp³-hybridized carbons (Fsp3) is 0.427. The van der Waals surface area contributed by atoms with E-state index in [1.54, 1.807) is 0 Å². The Bertz CT molecular complexity index is 5580. The third-order valence-electron chi connectivity index (χ3n) is 24.0. The molecule has 24 atom stereocenters. The van der Waals surface area contributed by atoms with E-state index in [9.17, 15) is 95.8 Å². The minimum absolute atomic E-state index is 0.0270. The summed E-state index contributed by atoms with van der Waals surface area (Å²) in [4.78, 5) is 138. The van der Waals surface area contributed by atoms with E-state index >= 15 is 24.0 Å². The first-order valence-electron chi connectivity index (χ1n) is 42.5. The number of phenols is 4. The molecule has 3 fully saturated rings. The highest BCUT2D eigenvalue weighted by Crippen LogP contribution is 2.51. The number of hydrogen-bond donors (Lipinski definition) is 24. The van der Waals surface area contributed by atoms with Crippen LogP contribution in [0, 0.1) is 5.92 Å². The number of ether oxygens (including phenoxy) is 9. The number of halogens is 2. The zero-order valence-electron chi connectivity index (χ0n) is 71.0. The third kappa shape index (κ3) is 21.1. The molecular formula is C89H99Cl2N9O33. The quantitative estimate of drug-likeness (QED) is 0.0480. The maximum Gasteiger partial charge on any atom is 0.330 e. The molecule has 44 heteroatoms. The first kappa shape index (κ1) is 97.0. The molecule has 9 aliphatic heterocycles. The average molecular weight is 1890 g/mol. The van der Waals surface area contributed by atoms with Gasteiger partial charge in [-0.25, -0.2) is 4.79 Å². The number of hydrogen-bond acceptors (Lipinski definition) is 33. The van der Waals surface area contributed by atoms with Gasteiger partial charge >= 0.3 is 5.97 Å². The number of aromatic hydroxyl groups is 4. The lowest BCUT2D eigenvalue weighted by atomic mass is 9.89. The molecule has 9 aliphatic rings. The van der Waals surface area contributed by atoms with E-state index in [0.29, 0.717) is 18.8 Å². The molecule has 9 heterocycles. The number of phenolic OH excluding ortho intramolecular Hbond substituents is 4. The van der Waals surface area contributed by atoms with E-state index < -0.39 is 316 Å². The Balaban J connectivity index is 1.03. The summed E-state index contributed by atoms with van der Waals surface area (Å²) in [5.41, 5.74) is 2.80. The van der Waals surface area contributed by atoms with Gasteiger partial charge in [-0.2, -0.15) is 0 Å². The van der Waals surface area contributed by atoms with Crippen molar-refractivity contribution in [3.8, 4) is 80.1 Å². The number of aliphatic hydroxyl groups is 10. The fourth-order valence-electron chi connectivity index (χ4n) is 16.6.